The lowest BCUT2D eigenvalue weighted by Crippen LogP contribution is -2.50. The molecule has 0 amide bonds. The summed E-state index contributed by atoms with van der Waals surface area (Å²) in [6.07, 6.45) is -2.37. The van der Waals surface area contributed by atoms with Crippen LogP contribution < -0.4 is 0 Å². The Morgan fingerprint density at radius 1 is 1.24 bits per heavy atom. The molecule has 3 rings (SSSR count). The molecule has 0 aliphatic carbocycles. The number of carbonyl (C=O) groups is 1. The standard InChI is InChI=1S/C19H28O5Si/c1-19(2,3)25(4,5)24-18-16-13(11-14(20)23-16)22-17(18)15(21)12-9-7-6-8-10-12/h6-10,13,15-18,21H,11H2,1-5H3/t13-,15+,16+,17-,18-/m1/s1. The number of rotatable bonds is 4. The summed E-state index contributed by atoms with van der Waals surface area (Å²) in [7, 11) is -2.12. The largest absolute Gasteiger partial charge is 0.457 e. The van der Waals surface area contributed by atoms with Gasteiger partial charge in [-0.1, -0.05) is 51.1 Å². The van der Waals surface area contributed by atoms with Crippen molar-refractivity contribution in [2.24, 2.45) is 0 Å². The molecule has 5 nitrogen and oxygen atoms in total. The third-order valence-corrected chi connectivity index (χ3v) is 10.1. The zero-order chi connectivity index (χ0) is 18.4. The summed E-state index contributed by atoms with van der Waals surface area (Å²) in [6.45, 7) is 10.8. The zero-order valence-corrected chi connectivity index (χ0v) is 16.6. The zero-order valence-electron chi connectivity index (χ0n) is 15.6. The minimum Gasteiger partial charge on any atom is -0.457 e. The fourth-order valence-electron chi connectivity index (χ4n) is 3.17. The van der Waals surface area contributed by atoms with Crippen molar-refractivity contribution in [2.45, 2.75) is 75.8 Å². The van der Waals surface area contributed by atoms with E-state index in [1.165, 1.54) is 0 Å². The van der Waals surface area contributed by atoms with Gasteiger partial charge in [0.2, 0.25) is 0 Å². The van der Waals surface area contributed by atoms with E-state index in [9.17, 15) is 9.90 Å². The number of fused-ring (bicyclic) bond motifs is 1. The molecule has 5 atom stereocenters. The number of hydrogen-bond acceptors (Lipinski definition) is 5. The fourth-order valence-corrected chi connectivity index (χ4v) is 4.47. The number of esters is 1. The SMILES string of the molecule is CC(C)(C)[Si](C)(C)O[C@@H]1[C@H]2OC(=O)C[C@H]2O[C@@H]1[C@@H](O)c1ccccc1. The molecular weight excluding hydrogens is 336 g/mol. The highest BCUT2D eigenvalue weighted by molar-refractivity contribution is 6.74. The second-order valence-corrected chi connectivity index (χ2v) is 13.3. The summed E-state index contributed by atoms with van der Waals surface area (Å²) in [4.78, 5) is 11.7. The second-order valence-electron chi connectivity index (χ2n) is 8.50. The van der Waals surface area contributed by atoms with E-state index in [1.54, 1.807) is 0 Å². The quantitative estimate of drug-likeness (QED) is 0.656. The molecule has 0 aromatic heterocycles. The van der Waals surface area contributed by atoms with Gasteiger partial charge in [0.25, 0.3) is 0 Å². The Labute approximate surface area is 150 Å². The van der Waals surface area contributed by atoms with Gasteiger partial charge in [-0.2, -0.15) is 0 Å². The normalized spacial score (nSPS) is 30.9. The van der Waals surface area contributed by atoms with E-state index in [4.69, 9.17) is 13.9 Å². The first-order valence-electron chi connectivity index (χ1n) is 8.86. The fraction of sp³-hybridized carbons (Fsp3) is 0.632. The van der Waals surface area contributed by atoms with Gasteiger partial charge in [0, 0.05) is 0 Å². The van der Waals surface area contributed by atoms with E-state index < -0.39 is 32.7 Å². The molecule has 2 aliphatic heterocycles. The number of benzene rings is 1. The maximum atomic E-state index is 11.7. The highest BCUT2D eigenvalue weighted by atomic mass is 28.4. The average molecular weight is 365 g/mol. The van der Waals surface area contributed by atoms with Gasteiger partial charge in [-0.15, -0.1) is 0 Å². The predicted octanol–water partition coefficient (Wildman–Crippen LogP) is 3.19. The van der Waals surface area contributed by atoms with E-state index >= 15 is 0 Å². The van der Waals surface area contributed by atoms with Crippen LogP contribution in [-0.2, 0) is 18.7 Å². The van der Waals surface area contributed by atoms with Crippen LogP contribution in [0.3, 0.4) is 0 Å². The first kappa shape index (κ1) is 18.6. The van der Waals surface area contributed by atoms with E-state index in [-0.39, 0.29) is 23.5 Å². The van der Waals surface area contributed by atoms with Crippen LogP contribution in [0.2, 0.25) is 18.1 Å². The number of carbonyl (C=O) groups excluding carboxylic acids is 1. The van der Waals surface area contributed by atoms with Crippen LogP contribution in [0.5, 0.6) is 0 Å². The molecule has 0 bridgehead atoms. The van der Waals surface area contributed by atoms with Crippen LogP contribution in [0.15, 0.2) is 30.3 Å². The lowest BCUT2D eigenvalue weighted by Gasteiger charge is -2.40. The summed E-state index contributed by atoms with van der Waals surface area (Å²) in [5.74, 6) is -0.258. The molecule has 25 heavy (non-hydrogen) atoms. The van der Waals surface area contributed by atoms with Gasteiger partial charge >= 0.3 is 5.97 Å². The van der Waals surface area contributed by atoms with Crippen LogP contribution in [-0.4, -0.2) is 43.8 Å². The minimum absolute atomic E-state index is 0.00987. The molecular formula is C19H28O5Si. The van der Waals surface area contributed by atoms with Gasteiger partial charge < -0.3 is 19.0 Å². The number of aliphatic hydroxyl groups excluding tert-OH is 1. The van der Waals surface area contributed by atoms with Crippen LogP contribution in [0.25, 0.3) is 0 Å². The van der Waals surface area contributed by atoms with E-state index in [0.29, 0.717) is 0 Å². The number of aliphatic hydroxyl groups is 1. The van der Waals surface area contributed by atoms with Crippen molar-refractivity contribution in [3.8, 4) is 0 Å². The summed E-state index contributed by atoms with van der Waals surface area (Å²) in [5, 5.41) is 10.9. The first-order chi connectivity index (χ1) is 11.6. The van der Waals surface area contributed by atoms with E-state index in [2.05, 4.69) is 33.9 Å². The Bertz CT molecular complexity index is 624. The van der Waals surface area contributed by atoms with E-state index in [0.717, 1.165) is 5.56 Å². The van der Waals surface area contributed by atoms with Crippen molar-refractivity contribution >= 4 is 14.3 Å². The van der Waals surface area contributed by atoms with Gasteiger partial charge in [0.15, 0.2) is 14.4 Å². The molecule has 0 unspecified atom stereocenters. The van der Waals surface area contributed by atoms with Crippen molar-refractivity contribution in [2.75, 3.05) is 0 Å². The van der Waals surface area contributed by atoms with Gasteiger partial charge in [-0.25, -0.2) is 0 Å². The molecule has 6 heteroatoms. The monoisotopic (exact) mass is 364 g/mol. The average Bonchev–Trinajstić information content (AvgIpc) is 3.04. The Morgan fingerprint density at radius 3 is 2.48 bits per heavy atom. The van der Waals surface area contributed by atoms with Gasteiger partial charge in [0.1, 0.15) is 24.4 Å². The van der Waals surface area contributed by atoms with Gasteiger partial charge in [0.05, 0.1) is 6.42 Å². The molecule has 2 heterocycles. The molecule has 2 fully saturated rings. The Morgan fingerprint density at radius 2 is 1.88 bits per heavy atom. The predicted molar refractivity (Wildman–Crippen MR) is 96.6 cm³/mol. The highest BCUT2D eigenvalue weighted by Crippen LogP contribution is 2.44. The molecule has 1 aromatic rings. The first-order valence-corrected chi connectivity index (χ1v) is 11.8. The molecule has 1 N–H and O–H groups in total. The number of hydrogen-bond donors (Lipinski definition) is 1. The molecule has 0 spiro atoms. The van der Waals surface area contributed by atoms with Crippen molar-refractivity contribution < 1.29 is 23.8 Å². The Hall–Kier alpha value is -1.21. The van der Waals surface area contributed by atoms with Crippen molar-refractivity contribution in [1.82, 2.24) is 0 Å². The lowest BCUT2D eigenvalue weighted by molar-refractivity contribution is -0.146. The second kappa shape index (κ2) is 6.50. The molecule has 0 saturated carbocycles. The maximum Gasteiger partial charge on any atom is 0.309 e. The molecule has 1 aromatic carbocycles. The Balaban J connectivity index is 1.87. The van der Waals surface area contributed by atoms with Crippen LogP contribution in [0.4, 0.5) is 0 Å². The number of ether oxygens (including phenoxy) is 2. The lowest BCUT2D eigenvalue weighted by atomic mass is 9.99. The van der Waals surface area contributed by atoms with Crippen molar-refractivity contribution in [3.63, 3.8) is 0 Å². The summed E-state index contributed by atoms with van der Waals surface area (Å²) in [5.41, 5.74) is 0.780. The summed E-state index contributed by atoms with van der Waals surface area (Å²) in [6, 6.07) is 9.43. The van der Waals surface area contributed by atoms with E-state index in [1.807, 2.05) is 30.3 Å². The van der Waals surface area contributed by atoms with Crippen LogP contribution in [0, 0.1) is 0 Å². The molecule has 138 valence electrons. The van der Waals surface area contributed by atoms with Crippen molar-refractivity contribution in [1.29, 1.82) is 0 Å². The highest BCUT2D eigenvalue weighted by Gasteiger charge is 2.56. The molecule has 0 radical (unpaired) electrons. The summed E-state index contributed by atoms with van der Waals surface area (Å²) >= 11 is 0. The molecule has 2 aliphatic rings. The van der Waals surface area contributed by atoms with Gasteiger partial charge in [-0.3, -0.25) is 4.79 Å². The minimum atomic E-state index is -2.12. The Kier molecular flexibility index (Phi) is 4.83. The van der Waals surface area contributed by atoms with Crippen LogP contribution >= 0.6 is 0 Å². The topological polar surface area (TPSA) is 65.0 Å². The summed E-state index contributed by atoms with van der Waals surface area (Å²) < 4.78 is 18.1. The van der Waals surface area contributed by atoms with Crippen LogP contribution in [0.1, 0.15) is 38.9 Å². The third-order valence-electron chi connectivity index (χ3n) is 5.67. The van der Waals surface area contributed by atoms with Crippen molar-refractivity contribution in [3.05, 3.63) is 35.9 Å². The van der Waals surface area contributed by atoms with Gasteiger partial charge in [-0.05, 0) is 23.7 Å². The smallest absolute Gasteiger partial charge is 0.309 e. The molecule has 2 saturated heterocycles. The third kappa shape index (κ3) is 3.53. The maximum absolute atomic E-state index is 11.7.